The van der Waals surface area contributed by atoms with E-state index in [4.69, 9.17) is 4.74 Å². The van der Waals surface area contributed by atoms with Gasteiger partial charge in [0, 0.05) is 40.4 Å². The second kappa shape index (κ2) is 12.0. The predicted molar refractivity (Wildman–Crippen MR) is 160 cm³/mol. The molecule has 0 bridgehead atoms. The van der Waals surface area contributed by atoms with Gasteiger partial charge in [0.2, 0.25) is 11.8 Å². The Kier molecular flexibility index (Phi) is 8.55. The van der Waals surface area contributed by atoms with Gasteiger partial charge < -0.3 is 30.3 Å². The van der Waals surface area contributed by atoms with Crippen LogP contribution in [0.3, 0.4) is 0 Å². The van der Waals surface area contributed by atoms with E-state index in [0.29, 0.717) is 35.9 Å². The summed E-state index contributed by atoms with van der Waals surface area (Å²) in [6.45, 7) is 6.24. The minimum Gasteiger partial charge on any atom is -0.496 e. The molecule has 0 aromatic heterocycles. The van der Waals surface area contributed by atoms with E-state index >= 15 is 0 Å². The second-order valence-electron chi connectivity index (χ2n) is 11.4. The lowest BCUT2D eigenvalue weighted by atomic mass is 9.79. The highest BCUT2D eigenvalue weighted by Crippen LogP contribution is 2.52. The van der Waals surface area contributed by atoms with Crippen LogP contribution in [0, 0.1) is 18.8 Å². The Morgan fingerprint density at radius 3 is 2.53 bits per heavy atom. The number of carboxylic acid groups (broad SMARTS) is 2. The quantitative estimate of drug-likeness (QED) is 0.295. The molecule has 2 aromatic carbocycles. The van der Waals surface area contributed by atoms with Crippen LogP contribution in [0.5, 0.6) is 5.75 Å². The van der Waals surface area contributed by atoms with E-state index in [9.17, 15) is 34.5 Å². The number of anilines is 1. The van der Waals surface area contributed by atoms with E-state index in [2.05, 4.69) is 5.32 Å². The number of hydrogen-bond acceptors (Lipinski definition) is 8. The van der Waals surface area contributed by atoms with Crippen molar-refractivity contribution < 1.29 is 39.2 Å². The molecule has 3 aliphatic heterocycles. The summed E-state index contributed by atoms with van der Waals surface area (Å²) < 4.78 is 5.58. The van der Waals surface area contributed by atoms with Crippen LogP contribution >= 0.6 is 11.8 Å². The number of aliphatic carboxylic acids is 1. The molecular formula is C31H35N3O8S. The van der Waals surface area contributed by atoms with Gasteiger partial charge in [-0.3, -0.25) is 14.5 Å². The third-order valence-corrected chi connectivity index (χ3v) is 9.95. The fraction of sp³-hybridized carbons (Fsp3) is 0.419. The van der Waals surface area contributed by atoms with E-state index in [0.717, 1.165) is 11.1 Å². The third kappa shape index (κ3) is 5.74. The summed E-state index contributed by atoms with van der Waals surface area (Å²) in [6, 6.07) is 10.8. The highest BCUT2D eigenvalue weighted by Gasteiger charge is 2.60. The SMILES string of the molecule is COc1ccc(C)cc1CN1C[C@@H](SC2=C(C(=O)O)N3C(=O)[C@H]([C@@H](C)O)[C@H]3[C@H]2C)C[C@H]1C(=O)Nc1cccc(C(=O)O)c1. The number of ether oxygens (including phenoxy) is 1. The van der Waals surface area contributed by atoms with Gasteiger partial charge >= 0.3 is 11.9 Å². The lowest BCUT2D eigenvalue weighted by molar-refractivity contribution is -0.163. The molecule has 0 radical (unpaired) electrons. The zero-order valence-electron chi connectivity index (χ0n) is 24.3. The van der Waals surface area contributed by atoms with Gasteiger partial charge in [0.25, 0.3) is 0 Å². The summed E-state index contributed by atoms with van der Waals surface area (Å²) in [5.74, 6) is -3.25. The molecule has 2 saturated heterocycles. The molecular weight excluding hydrogens is 574 g/mol. The second-order valence-corrected chi connectivity index (χ2v) is 12.7. The van der Waals surface area contributed by atoms with Crippen molar-refractivity contribution in [3.8, 4) is 5.75 Å². The van der Waals surface area contributed by atoms with E-state index in [1.165, 1.54) is 28.8 Å². The van der Waals surface area contributed by atoms with Gasteiger partial charge in [-0.2, -0.15) is 0 Å². The molecule has 3 heterocycles. The number of nitrogens with one attached hydrogen (secondary N) is 1. The van der Waals surface area contributed by atoms with Crippen molar-refractivity contribution >= 4 is 41.2 Å². The molecule has 2 fully saturated rings. The predicted octanol–water partition coefficient (Wildman–Crippen LogP) is 3.17. The number of hydrogen-bond donors (Lipinski definition) is 4. The van der Waals surface area contributed by atoms with Gasteiger partial charge in [0.05, 0.1) is 36.8 Å². The first kappa shape index (κ1) is 30.6. The molecule has 43 heavy (non-hydrogen) atoms. The minimum absolute atomic E-state index is 0.0466. The maximum atomic E-state index is 13.7. The number of nitrogens with zero attached hydrogens (tertiary/aromatic N) is 2. The molecule has 12 heteroatoms. The average molecular weight is 610 g/mol. The van der Waals surface area contributed by atoms with E-state index < -0.39 is 36.0 Å². The van der Waals surface area contributed by atoms with Crippen molar-refractivity contribution in [1.29, 1.82) is 0 Å². The molecule has 11 nitrogen and oxygen atoms in total. The summed E-state index contributed by atoms with van der Waals surface area (Å²) in [6.07, 6.45) is -0.500. The van der Waals surface area contributed by atoms with Gasteiger partial charge in [-0.25, -0.2) is 9.59 Å². The number of thioether (sulfide) groups is 1. The van der Waals surface area contributed by atoms with Crippen LogP contribution in [0.4, 0.5) is 5.69 Å². The first-order chi connectivity index (χ1) is 20.4. The maximum Gasteiger partial charge on any atom is 0.353 e. The lowest BCUT2D eigenvalue weighted by Gasteiger charge is -2.46. The minimum atomic E-state index is -1.19. The van der Waals surface area contributed by atoms with Crippen molar-refractivity contribution in [3.63, 3.8) is 0 Å². The molecule has 2 amide bonds. The Balaban J connectivity index is 1.42. The highest BCUT2D eigenvalue weighted by atomic mass is 32.2. The van der Waals surface area contributed by atoms with Crippen molar-refractivity contribution in [2.24, 2.45) is 11.8 Å². The maximum absolute atomic E-state index is 13.7. The number of β-lactam (4-membered cyclic amide) rings is 1. The number of aliphatic hydroxyl groups excluding tert-OH is 1. The van der Waals surface area contributed by atoms with E-state index in [1.807, 2.05) is 36.9 Å². The van der Waals surface area contributed by atoms with Crippen LogP contribution in [0.15, 0.2) is 53.1 Å². The number of rotatable bonds is 10. The van der Waals surface area contributed by atoms with Crippen LogP contribution in [-0.2, 0) is 20.9 Å². The number of amides is 2. The van der Waals surface area contributed by atoms with Gasteiger partial charge in [-0.15, -0.1) is 11.8 Å². The van der Waals surface area contributed by atoms with E-state index in [1.54, 1.807) is 26.2 Å². The number of fused-ring (bicyclic) bond motifs is 1. The Bertz CT molecular complexity index is 1510. The van der Waals surface area contributed by atoms with Crippen LogP contribution in [0.25, 0.3) is 0 Å². The zero-order valence-corrected chi connectivity index (χ0v) is 25.1. The van der Waals surface area contributed by atoms with Crippen LogP contribution in [0.2, 0.25) is 0 Å². The molecule has 228 valence electrons. The summed E-state index contributed by atoms with van der Waals surface area (Å²) >= 11 is 1.38. The molecule has 0 unspecified atom stereocenters. The van der Waals surface area contributed by atoms with Crippen molar-refractivity contribution in [1.82, 2.24) is 9.80 Å². The normalized spacial score (nSPS) is 25.7. The third-order valence-electron chi connectivity index (χ3n) is 8.46. The van der Waals surface area contributed by atoms with Gasteiger partial charge in [0.1, 0.15) is 11.4 Å². The fourth-order valence-corrected chi connectivity index (χ4v) is 8.01. The number of methoxy groups -OCH3 is 1. The first-order valence-corrected chi connectivity index (χ1v) is 15.0. The summed E-state index contributed by atoms with van der Waals surface area (Å²) in [5.41, 5.74) is 2.30. The fourth-order valence-electron chi connectivity index (χ4n) is 6.46. The summed E-state index contributed by atoms with van der Waals surface area (Å²) in [4.78, 5) is 54.2. The molecule has 5 rings (SSSR count). The molecule has 6 atom stereocenters. The number of carbonyl (C=O) groups excluding carboxylic acids is 2. The molecule has 0 aliphatic carbocycles. The first-order valence-electron chi connectivity index (χ1n) is 14.1. The molecule has 2 aromatic rings. The largest absolute Gasteiger partial charge is 0.496 e. The van der Waals surface area contributed by atoms with Crippen LogP contribution in [-0.4, -0.2) is 86.0 Å². The Morgan fingerprint density at radius 2 is 1.88 bits per heavy atom. The van der Waals surface area contributed by atoms with E-state index in [-0.39, 0.29) is 34.2 Å². The van der Waals surface area contributed by atoms with Crippen LogP contribution < -0.4 is 10.1 Å². The number of aliphatic hydroxyl groups is 1. The molecule has 4 N–H and O–H groups in total. The molecule has 3 aliphatic rings. The average Bonchev–Trinajstić information content (AvgIpc) is 3.45. The number of aromatic carboxylic acids is 1. The topological polar surface area (TPSA) is 157 Å². The molecule has 0 spiro atoms. The number of carboxylic acids is 2. The number of likely N-dealkylation sites (tertiary alicyclic amines) is 1. The highest BCUT2D eigenvalue weighted by molar-refractivity contribution is 8.03. The summed E-state index contributed by atoms with van der Waals surface area (Å²) in [5, 5.41) is 32.3. The number of carbonyl (C=O) groups is 4. The Labute approximate surface area is 253 Å². The Morgan fingerprint density at radius 1 is 1.14 bits per heavy atom. The molecule has 0 saturated carbocycles. The van der Waals surface area contributed by atoms with Crippen molar-refractivity contribution in [2.75, 3.05) is 19.0 Å². The lowest BCUT2D eigenvalue weighted by Crippen LogP contribution is -2.63. The smallest absolute Gasteiger partial charge is 0.353 e. The summed E-state index contributed by atoms with van der Waals surface area (Å²) in [7, 11) is 1.59. The number of benzene rings is 2. The van der Waals surface area contributed by atoms with Gasteiger partial charge in [-0.05, 0) is 44.5 Å². The van der Waals surface area contributed by atoms with Gasteiger partial charge in [-0.1, -0.05) is 30.7 Å². The monoisotopic (exact) mass is 609 g/mol. The van der Waals surface area contributed by atoms with Crippen LogP contribution in [0.1, 0.15) is 41.8 Å². The standard InChI is InChI=1S/C31H35N3O8S/c1-15-8-9-23(42-4)19(10-15)13-33-14-21(12-22(33)28(36)32-20-7-5-6-18(11-20)30(38)39)43-27-16(2)25-24(17(3)35)29(37)34(25)26(27)31(40)41/h5-11,16-17,21-22,24-25,35H,12-14H2,1-4H3,(H,32,36)(H,38,39)(H,40,41)/t16-,17-,21+,22+,24-,25-/m1/s1. The number of aryl methyl sites for hydroxylation is 1. The zero-order chi connectivity index (χ0) is 31.2. The van der Waals surface area contributed by atoms with Crippen molar-refractivity contribution in [2.45, 2.75) is 57.2 Å². The van der Waals surface area contributed by atoms with Crippen molar-refractivity contribution in [3.05, 3.63) is 69.8 Å². The Hall–Kier alpha value is -3.87. The van der Waals surface area contributed by atoms with Gasteiger partial charge in [0.15, 0.2) is 0 Å².